The fourth-order valence-corrected chi connectivity index (χ4v) is 2.78. The fraction of sp³-hybridized carbons (Fsp3) is 0.143. The van der Waals surface area contributed by atoms with Crippen molar-refractivity contribution in [2.75, 3.05) is 5.73 Å². The fourth-order valence-electron chi connectivity index (χ4n) is 1.74. The number of nitrogen functional groups attached to an aromatic ring is 1. The van der Waals surface area contributed by atoms with Crippen molar-refractivity contribution >= 4 is 40.2 Å². The lowest BCUT2D eigenvalue weighted by Crippen LogP contribution is -2.22. The first-order valence-corrected chi connectivity index (χ1v) is 7.20. The zero-order valence-corrected chi connectivity index (χ0v) is 12.4. The minimum atomic E-state index is -0.211. The van der Waals surface area contributed by atoms with Crippen LogP contribution in [0.4, 0.5) is 5.69 Å². The van der Waals surface area contributed by atoms with Gasteiger partial charge in [0.1, 0.15) is 0 Å². The lowest BCUT2D eigenvalue weighted by molar-refractivity contribution is 0.0951. The van der Waals surface area contributed by atoms with Gasteiger partial charge in [-0.25, -0.2) is 0 Å². The second kappa shape index (κ2) is 6.07. The molecule has 0 saturated heterocycles. The Kier molecular flexibility index (Phi) is 4.42. The molecule has 104 valence electrons. The summed E-state index contributed by atoms with van der Waals surface area (Å²) in [5.74, 6) is -0.211. The average molecular weight is 308 g/mol. The zero-order valence-electron chi connectivity index (χ0n) is 10.9. The number of carbonyl (C=O) groups is 1. The minimum Gasteiger partial charge on any atom is -0.398 e. The molecule has 0 bridgehead atoms. The Morgan fingerprint density at radius 2 is 2.20 bits per heavy atom. The minimum absolute atomic E-state index is 0.211. The van der Waals surface area contributed by atoms with Gasteiger partial charge in [-0.1, -0.05) is 11.6 Å². The van der Waals surface area contributed by atoms with Gasteiger partial charge in [-0.2, -0.15) is 0 Å². The molecule has 0 spiro atoms. The molecule has 0 unspecified atom stereocenters. The zero-order chi connectivity index (χ0) is 14.7. The van der Waals surface area contributed by atoms with Crippen molar-refractivity contribution < 1.29 is 4.79 Å². The van der Waals surface area contributed by atoms with E-state index in [1.807, 2.05) is 5.38 Å². The van der Waals surface area contributed by atoms with E-state index in [1.54, 1.807) is 31.2 Å². The van der Waals surface area contributed by atoms with Crippen molar-refractivity contribution in [3.8, 4) is 0 Å². The smallest absolute Gasteiger partial charge is 0.251 e. The Morgan fingerprint density at radius 3 is 2.80 bits per heavy atom. The van der Waals surface area contributed by atoms with E-state index in [1.165, 1.54) is 11.3 Å². The summed E-state index contributed by atoms with van der Waals surface area (Å²) in [4.78, 5) is 13.0. The molecule has 6 heteroatoms. The molecule has 0 radical (unpaired) electrons. The Hall–Kier alpha value is -1.85. The molecule has 1 heterocycles. The summed E-state index contributed by atoms with van der Waals surface area (Å²) in [5.41, 5.74) is 7.66. The van der Waals surface area contributed by atoms with Crippen LogP contribution in [-0.4, -0.2) is 11.6 Å². The molecule has 0 atom stereocenters. The van der Waals surface area contributed by atoms with Crippen LogP contribution in [0.1, 0.15) is 27.7 Å². The number of anilines is 1. The Balaban J connectivity index is 2.12. The largest absolute Gasteiger partial charge is 0.398 e. The van der Waals surface area contributed by atoms with Gasteiger partial charge in [0.15, 0.2) is 0 Å². The van der Waals surface area contributed by atoms with Crippen molar-refractivity contribution in [1.29, 1.82) is 5.41 Å². The van der Waals surface area contributed by atoms with E-state index in [0.717, 1.165) is 4.88 Å². The molecule has 0 aliphatic rings. The maximum absolute atomic E-state index is 12.1. The molecule has 4 nitrogen and oxygen atoms in total. The summed E-state index contributed by atoms with van der Waals surface area (Å²) in [6.45, 7) is 2.03. The van der Waals surface area contributed by atoms with E-state index in [9.17, 15) is 4.79 Å². The normalized spacial score (nSPS) is 10.3. The van der Waals surface area contributed by atoms with Gasteiger partial charge >= 0.3 is 0 Å². The first-order chi connectivity index (χ1) is 9.49. The highest BCUT2D eigenvalue weighted by atomic mass is 35.5. The van der Waals surface area contributed by atoms with Crippen LogP contribution in [0, 0.1) is 5.41 Å². The standard InChI is InChI=1S/C14H14ClN3OS/c1-8(16)10-6-9(2-3-12(10)17)14(19)18-7-13-11(15)4-5-20-13/h2-6,16H,7,17H2,1H3,(H,18,19). The third kappa shape index (κ3) is 3.18. The summed E-state index contributed by atoms with van der Waals surface area (Å²) in [5, 5.41) is 13.0. The van der Waals surface area contributed by atoms with E-state index in [-0.39, 0.29) is 5.91 Å². The summed E-state index contributed by atoms with van der Waals surface area (Å²) in [6, 6.07) is 6.71. The second-order valence-electron chi connectivity index (χ2n) is 4.30. The summed E-state index contributed by atoms with van der Waals surface area (Å²) < 4.78 is 0. The number of nitrogens with one attached hydrogen (secondary N) is 2. The second-order valence-corrected chi connectivity index (χ2v) is 5.71. The van der Waals surface area contributed by atoms with Crippen LogP contribution in [0.25, 0.3) is 0 Å². The van der Waals surface area contributed by atoms with E-state index in [0.29, 0.717) is 34.1 Å². The maximum Gasteiger partial charge on any atom is 0.251 e. The van der Waals surface area contributed by atoms with Crippen LogP contribution in [0.3, 0.4) is 0 Å². The van der Waals surface area contributed by atoms with Gasteiger partial charge in [0.2, 0.25) is 0 Å². The summed E-state index contributed by atoms with van der Waals surface area (Å²) in [7, 11) is 0. The molecule has 2 aromatic rings. The SMILES string of the molecule is CC(=N)c1cc(C(=O)NCc2sccc2Cl)ccc1N. The molecule has 2 rings (SSSR count). The first kappa shape index (κ1) is 14.6. The predicted octanol–water partition coefficient (Wildman–Crippen LogP) is 3.30. The number of amides is 1. The molecular formula is C14H14ClN3OS. The van der Waals surface area contributed by atoms with Crippen LogP contribution in [0.2, 0.25) is 5.02 Å². The Labute approximate surface area is 126 Å². The highest BCUT2D eigenvalue weighted by molar-refractivity contribution is 7.10. The highest BCUT2D eigenvalue weighted by Crippen LogP contribution is 2.21. The van der Waals surface area contributed by atoms with Crippen molar-refractivity contribution in [2.45, 2.75) is 13.5 Å². The number of hydrogen-bond donors (Lipinski definition) is 3. The third-order valence-corrected chi connectivity index (χ3v) is 4.21. The number of benzene rings is 1. The molecule has 0 saturated carbocycles. The van der Waals surface area contributed by atoms with Crippen molar-refractivity contribution in [3.05, 3.63) is 50.7 Å². The number of hydrogen-bond acceptors (Lipinski definition) is 4. The molecule has 1 amide bonds. The molecule has 0 fully saturated rings. The number of nitrogens with two attached hydrogens (primary N) is 1. The summed E-state index contributed by atoms with van der Waals surface area (Å²) in [6.07, 6.45) is 0. The summed E-state index contributed by atoms with van der Waals surface area (Å²) >= 11 is 7.47. The lowest BCUT2D eigenvalue weighted by Gasteiger charge is -2.08. The number of halogens is 1. The average Bonchev–Trinajstić information content (AvgIpc) is 2.81. The Morgan fingerprint density at radius 1 is 1.45 bits per heavy atom. The van der Waals surface area contributed by atoms with E-state index < -0.39 is 0 Å². The molecule has 1 aromatic carbocycles. The van der Waals surface area contributed by atoms with Gasteiger partial charge < -0.3 is 16.5 Å². The molecular weight excluding hydrogens is 294 g/mol. The molecule has 20 heavy (non-hydrogen) atoms. The van der Waals surface area contributed by atoms with Crippen LogP contribution in [0.15, 0.2) is 29.6 Å². The highest BCUT2D eigenvalue weighted by Gasteiger charge is 2.10. The Bertz CT molecular complexity index is 666. The molecule has 4 N–H and O–H groups in total. The number of rotatable bonds is 4. The van der Waals surface area contributed by atoms with Gasteiger partial charge in [-0.3, -0.25) is 4.79 Å². The maximum atomic E-state index is 12.1. The van der Waals surface area contributed by atoms with Crippen molar-refractivity contribution in [1.82, 2.24) is 5.32 Å². The van der Waals surface area contributed by atoms with Crippen LogP contribution in [0.5, 0.6) is 0 Å². The van der Waals surface area contributed by atoms with E-state index in [2.05, 4.69) is 5.32 Å². The monoisotopic (exact) mass is 307 g/mol. The quantitative estimate of drug-likeness (QED) is 0.598. The first-order valence-electron chi connectivity index (χ1n) is 5.94. The van der Waals surface area contributed by atoms with E-state index >= 15 is 0 Å². The lowest BCUT2D eigenvalue weighted by atomic mass is 10.0. The number of carbonyl (C=O) groups excluding carboxylic acids is 1. The van der Waals surface area contributed by atoms with Crippen LogP contribution >= 0.6 is 22.9 Å². The van der Waals surface area contributed by atoms with Crippen LogP contribution in [-0.2, 0) is 6.54 Å². The van der Waals surface area contributed by atoms with Gasteiger partial charge in [0.25, 0.3) is 5.91 Å². The van der Waals surface area contributed by atoms with Gasteiger partial charge in [0, 0.05) is 27.4 Å². The van der Waals surface area contributed by atoms with Crippen molar-refractivity contribution in [3.63, 3.8) is 0 Å². The van der Waals surface area contributed by atoms with Gasteiger partial charge in [-0.05, 0) is 36.6 Å². The molecule has 0 aliphatic heterocycles. The topological polar surface area (TPSA) is 79.0 Å². The van der Waals surface area contributed by atoms with Gasteiger partial charge in [-0.15, -0.1) is 11.3 Å². The van der Waals surface area contributed by atoms with Gasteiger partial charge in [0.05, 0.1) is 11.6 Å². The number of thiophene rings is 1. The third-order valence-electron chi connectivity index (χ3n) is 2.82. The predicted molar refractivity (Wildman–Crippen MR) is 83.9 cm³/mol. The van der Waals surface area contributed by atoms with E-state index in [4.69, 9.17) is 22.7 Å². The van der Waals surface area contributed by atoms with Crippen LogP contribution < -0.4 is 11.1 Å². The molecule has 0 aliphatic carbocycles. The van der Waals surface area contributed by atoms with Crippen molar-refractivity contribution in [2.24, 2.45) is 0 Å². The molecule has 1 aromatic heterocycles.